The molecule has 1 heterocycles. The third-order valence-electron chi connectivity index (χ3n) is 1.99. The number of pyridine rings is 1. The Morgan fingerprint density at radius 3 is 2.94 bits per heavy atom. The summed E-state index contributed by atoms with van der Waals surface area (Å²) >= 11 is 5.74. The molecule has 88 valence electrons. The van der Waals surface area contributed by atoms with Crippen LogP contribution in [-0.2, 0) is 11.3 Å². The molecule has 0 unspecified atom stereocenters. The van der Waals surface area contributed by atoms with Crippen molar-refractivity contribution in [2.24, 2.45) is 5.73 Å². The first-order valence-electron chi connectivity index (χ1n) is 4.96. The van der Waals surface area contributed by atoms with Crippen LogP contribution in [0.25, 0.3) is 0 Å². The Kier molecular flexibility index (Phi) is 5.01. The number of nitrogens with two attached hydrogens (primary N) is 1. The molecule has 16 heavy (non-hydrogen) atoms. The van der Waals surface area contributed by atoms with E-state index in [4.69, 9.17) is 17.3 Å². The topological polar surface area (TPSA) is 77.1 Å². The number of hydrogen-bond acceptors (Lipinski definition) is 3. The summed E-state index contributed by atoms with van der Waals surface area (Å²) in [4.78, 5) is 22.6. The third-order valence-corrected chi connectivity index (χ3v) is 2.22. The van der Waals surface area contributed by atoms with Gasteiger partial charge in [-0.25, -0.2) is 0 Å². The average molecular weight is 244 g/mol. The highest BCUT2D eigenvalue weighted by Gasteiger charge is 2.02. The molecular formula is C10H14ClN3O2. The molecule has 0 bridgehead atoms. The Balaban J connectivity index is 2.51. The molecule has 0 aliphatic carbocycles. The number of nitrogens with one attached hydrogen (secondary N) is 1. The second-order valence-corrected chi connectivity index (χ2v) is 3.70. The van der Waals surface area contributed by atoms with E-state index in [9.17, 15) is 9.59 Å². The van der Waals surface area contributed by atoms with Crippen LogP contribution in [0.1, 0.15) is 6.42 Å². The number of carbonyl (C=O) groups excluding carboxylic acids is 1. The first kappa shape index (κ1) is 12.7. The second-order valence-electron chi connectivity index (χ2n) is 3.27. The highest BCUT2D eigenvalue weighted by Crippen LogP contribution is 2.03. The zero-order chi connectivity index (χ0) is 12.0. The maximum Gasteiger partial charge on any atom is 0.250 e. The first-order chi connectivity index (χ1) is 7.63. The van der Waals surface area contributed by atoms with Crippen molar-refractivity contribution in [1.29, 1.82) is 0 Å². The van der Waals surface area contributed by atoms with E-state index in [1.165, 1.54) is 22.9 Å². The Morgan fingerprint density at radius 1 is 1.50 bits per heavy atom. The smallest absolute Gasteiger partial charge is 0.250 e. The summed E-state index contributed by atoms with van der Waals surface area (Å²) in [5.74, 6) is -0.127. The van der Waals surface area contributed by atoms with E-state index in [0.717, 1.165) is 0 Å². The van der Waals surface area contributed by atoms with Crippen LogP contribution in [0.3, 0.4) is 0 Å². The molecule has 1 aromatic heterocycles. The zero-order valence-electron chi connectivity index (χ0n) is 8.78. The Labute approximate surface area is 98.2 Å². The van der Waals surface area contributed by atoms with Gasteiger partial charge in [0.05, 0.1) is 5.02 Å². The molecule has 0 aromatic carbocycles. The summed E-state index contributed by atoms with van der Waals surface area (Å²) in [5, 5.41) is 3.10. The maximum absolute atomic E-state index is 11.4. The van der Waals surface area contributed by atoms with Gasteiger partial charge in [0.1, 0.15) is 0 Å². The van der Waals surface area contributed by atoms with Gasteiger partial charge in [-0.1, -0.05) is 11.6 Å². The van der Waals surface area contributed by atoms with Crippen molar-refractivity contribution in [3.8, 4) is 0 Å². The highest BCUT2D eigenvalue weighted by molar-refractivity contribution is 6.30. The largest absolute Gasteiger partial charge is 0.355 e. The van der Waals surface area contributed by atoms with Crippen molar-refractivity contribution in [2.45, 2.75) is 13.0 Å². The normalized spacial score (nSPS) is 10.1. The molecule has 0 fully saturated rings. The van der Waals surface area contributed by atoms with Gasteiger partial charge in [0.25, 0.3) is 5.56 Å². The number of aromatic nitrogens is 1. The number of hydrogen-bond donors (Lipinski definition) is 2. The van der Waals surface area contributed by atoms with Crippen molar-refractivity contribution in [1.82, 2.24) is 9.88 Å². The lowest BCUT2D eigenvalue weighted by molar-refractivity contribution is -0.121. The molecule has 1 amide bonds. The van der Waals surface area contributed by atoms with Gasteiger partial charge in [0, 0.05) is 38.3 Å². The van der Waals surface area contributed by atoms with Gasteiger partial charge in [-0.15, -0.1) is 0 Å². The molecule has 5 nitrogen and oxygen atoms in total. The minimum atomic E-state index is -0.170. The van der Waals surface area contributed by atoms with Crippen LogP contribution >= 0.6 is 11.6 Å². The molecule has 6 heteroatoms. The fraction of sp³-hybridized carbons (Fsp3) is 0.400. The minimum absolute atomic E-state index is 0.127. The minimum Gasteiger partial charge on any atom is -0.355 e. The van der Waals surface area contributed by atoms with Crippen molar-refractivity contribution in [3.05, 3.63) is 33.7 Å². The maximum atomic E-state index is 11.4. The highest BCUT2D eigenvalue weighted by atomic mass is 35.5. The summed E-state index contributed by atoms with van der Waals surface area (Å²) in [7, 11) is 0. The van der Waals surface area contributed by atoms with Gasteiger partial charge in [0.2, 0.25) is 5.91 Å². The molecule has 0 aliphatic rings. The molecule has 0 saturated heterocycles. The Hall–Kier alpha value is -1.33. The van der Waals surface area contributed by atoms with E-state index in [1.807, 2.05) is 0 Å². The molecule has 1 rings (SSSR count). The van der Waals surface area contributed by atoms with E-state index >= 15 is 0 Å². The van der Waals surface area contributed by atoms with E-state index in [1.54, 1.807) is 0 Å². The van der Waals surface area contributed by atoms with Gasteiger partial charge in [-0.2, -0.15) is 0 Å². The zero-order valence-corrected chi connectivity index (χ0v) is 9.54. The fourth-order valence-electron chi connectivity index (χ4n) is 1.20. The molecule has 3 N–H and O–H groups in total. The number of aryl methyl sites for hydroxylation is 1. The standard InChI is InChI=1S/C10H14ClN3O2/c11-8-1-2-10(16)14(7-8)6-3-9(15)13-5-4-12/h1-2,7H,3-6,12H2,(H,13,15). The van der Waals surface area contributed by atoms with Gasteiger partial charge in [0.15, 0.2) is 0 Å². The second kappa shape index (κ2) is 6.30. The Morgan fingerprint density at radius 2 is 2.25 bits per heavy atom. The number of nitrogens with zero attached hydrogens (tertiary/aromatic N) is 1. The predicted octanol–water partition coefficient (Wildman–Crippen LogP) is -0.0333. The quantitative estimate of drug-likeness (QED) is 0.762. The number of amides is 1. The van der Waals surface area contributed by atoms with Gasteiger partial charge < -0.3 is 15.6 Å². The number of halogens is 1. The SMILES string of the molecule is NCCNC(=O)CCn1cc(Cl)ccc1=O. The van der Waals surface area contributed by atoms with Crippen molar-refractivity contribution in [2.75, 3.05) is 13.1 Å². The summed E-state index contributed by atoms with van der Waals surface area (Å²) in [6, 6.07) is 2.90. The lowest BCUT2D eigenvalue weighted by atomic mass is 10.3. The summed E-state index contributed by atoms with van der Waals surface area (Å²) in [6.45, 7) is 1.17. The lowest BCUT2D eigenvalue weighted by Gasteiger charge is -2.06. The molecule has 0 radical (unpaired) electrons. The fourth-order valence-corrected chi connectivity index (χ4v) is 1.38. The molecule has 0 atom stereocenters. The first-order valence-corrected chi connectivity index (χ1v) is 5.34. The van der Waals surface area contributed by atoms with E-state index in [-0.39, 0.29) is 17.9 Å². The lowest BCUT2D eigenvalue weighted by Crippen LogP contribution is -2.30. The van der Waals surface area contributed by atoms with Crippen LogP contribution in [0.4, 0.5) is 0 Å². The van der Waals surface area contributed by atoms with Crippen LogP contribution in [0.2, 0.25) is 5.02 Å². The number of carbonyl (C=O) groups is 1. The molecular weight excluding hydrogens is 230 g/mol. The van der Waals surface area contributed by atoms with Gasteiger partial charge in [-0.3, -0.25) is 9.59 Å². The molecule has 0 aliphatic heterocycles. The summed E-state index contributed by atoms with van der Waals surface area (Å²) < 4.78 is 1.41. The van der Waals surface area contributed by atoms with Gasteiger partial charge in [-0.05, 0) is 6.07 Å². The van der Waals surface area contributed by atoms with Crippen LogP contribution in [0, 0.1) is 0 Å². The van der Waals surface area contributed by atoms with Crippen LogP contribution in [0.5, 0.6) is 0 Å². The number of rotatable bonds is 5. The molecule has 0 saturated carbocycles. The van der Waals surface area contributed by atoms with Crippen LogP contribution in [0.15, 0.2) is 23.1 Å². The van der Waals surface area contributed by atoms with Crippen molar-refractivity contribution in [3.63, 3.8) is 0 Å². The molecule has 1 aromatic rings. The van der Waals surface area contributed by atoms with Crippen molar-refractivity contribution < 1.29 is 4.79 Å². The molecule has 0 spiro atoms. The van der Waals surface area contributed by atoms with Crippen molar-refractivity contribution >= 4 is 17.5 Å². The van der Waals surface area contributed by atoms with Gasteiger partial charge >= 0.3 is 0 Å². The Bertz CT molecular complexity index is 417. The summed E-state index contributed by atoms with van der Waals surface area (Å²) in [5.41, 5.74) is 5.07. The van der Waals surface area contributed by atoms with Crippen LogP contribution < -0.4 is 16.6 Å². The predicted molar refractivity (Wildman–Crippen MR) is 62.4 cm³/mol. The van der Waals surface area contributed by atoms with E-state index < -0.39 is 0 Å². The average Bonchev–Trinajstić information content (AvgIpc) is 2.27. The monoisotopic (exact) mass is 243 g/mol. The van der Waals surface area contributed by atoms with Crippen LogP contribution in [-0.4, -0.2) is 23.6 Å². The summed E-state index contributed by atoms with van der Waals surface area (Å²) in [6.07, 6.45) is 1.75. The van der Waals surface area contributed by atoms with E-state index in [0.29, 0.717) is 24.7 Å². The third kappa shape index (κ3) is 4.04. The van der Waals surface area contributed by atoms with E-state index in [2.05, 4.69) is 5.32 Å².